The van der Waals surface area contributed by atoms with Gasteiger partial charge in [-0.3, -0.25) is 0 Å². The maximum absolute atomic E-state index is 12.7. The van der Waals surface area contributed by atoms with Crippen molar-refractivity contribution in [3.05, 3.63) is 102 Å². The third-order valence-corrected chi connectivity index (χ3v) is 12.5. The Morgan fingerprint density at radius 2 is 1.29 bits per heavy atom. The predicted octanol–water partition coefficient (Wildman–Crippen LogP) is 12.4. The van der Waals surface area contributed by atoms with Gasteiger partial charge >= 0.3 is 107 Å². The van der Waals surface area contributed by atoms with Gasteiger partial charge in [-0.25, -0.2) is 0 Å². The van der Waals surface area contributed by atoms with Gasteiger partial charge in [-0.1, -0.05) is 41.9 Å². The fraction of sp³-hybridized carbons (Fsp3) is 0.410. The molecule has 0 spiro atoms. The number of hydrogen-bond acceptors (Lipinski definition) is 2. The van der Waals surface area contributed by atoms with E-state index in [0.717, 1.165) is 53.2 Å². The number of aromatic hydroxyl groups is 1. The van der Waals surface area contributed by atoms with Crippen molar-refractivity contribution >= 4 is 41.9 Å². The molecule has 0 saturated carbocycles. The van der Waals surface area contributed by atoms with Gasteiger partial charge in [-0.05, 0) is 120 Å². The van der Waals surface area contributed by atoms with Gasteiger partial charge in [-0.15, -0.1) is 0 Å². The van der Waals surface area contributed by atoms with Crippen molar-refractivity contribution in [3.63, 3.8) is 0 Å². The molecule has 3 nitrogen and oxygen atoms in total. The summed E-state index contributed by atoms with van der Waals surface area (Å²) in [6.07, 6.45) is 5.13. The molecule has 0 aliphatic heterocycles. The van der Waals surface area contributed by atoms with E-state index in [2.05, 4.69) is 59.4 Å². The number of nitrogens with zero attached hydrogens (tertiary/aromatic N) is 2. The van der Waals surface area contributed by atoms with Crippen LogP contribution in [0.5, 0.6) is 5.75 Å². The number of aryl methyl sites for hydroxylation is 4. The summed E-state index contributed by atoms with van der Waals surface area (Å²) >= 11 is 6.48. The van der Waals surface area contributed by atoms with E-state index in [9.17, 15) is 18.3 Å². The summed E-state index contributed by atoms with van der Waals surface area (Å²) in [5.74, 6) is 0.421. The largest absolute Gasteiger partial charge is 0.665 e. The number of phenols is 1. The third kappa shape index (κ3) is 10.2. The Morgan fingerprint density at radius 3 is 1.81 bits per heavy atom. The molecule has 0 saturated heterocycles. The molecule has 4 aromatic rings. The molecule has 0 fully saturated rings. The van der Waals surface area contributed by atoms with E-state index >= 15 is 0 Å². The Bertz CT molecular complexity index is 1730. The van der Waals surface area contributed by atoms with Crippen LogP contribution in [0, 0.1) is 26.2 Å². The van der Waals surface area contributed by atoms with Crippen LogP contribution in [0.3, 0.4) is 0 Å². The Hall–Kier alpha value is -2.15. The number of fused-ring (bicyclic) bond motifs is 2. The molecule has 1 aromatic heterocycles. The zero-order chi connectivity index (χ0) is 35.2. The van der Waals surface area contributed by atoms with Gasteiger partial charge in [0.15, 0.2) is 0 Å². The summed E-state index contributed by atoms with van der Waals surface area (Å²) in [6.45, 7) is 12.2. The van der Waals surface area contributed by atoms with Gasteiger partial charge in [-0.2, -0.15) is 11.4 Å². The molecule has 1 heterocycles. The van der Waals surface area contributed by atoms with E-state index in [1.54, 1.807) is 6.07 Å². The van der Waals surface area contributed by atoms with Crippen LogP contribution in [0.2, 0.25) is 0 Å². The molecule has 0 unspecified atom stereocenters. The van der Waals surface area contributed by atoms with Crippen molar-refractivity contribution in [1.29, 1.82) is 0 Å². The van der Waals surface area contributed by atoms with Crippen molar-refractivity contribution in [2.75, 3.05) is 0 Å². The number of phenolic OH excluding ortho intramolecular Hbond substituents is 1. The number of benzene rings is 3. The summed E-state index contributed by atoms with van der Waals surface area (Å²) in [7, 11) is 0. The smallest absolute Gasteiger partial charge is 0.137 e. The van der Waals surface area contributed by atoms with Crippen molar-refractivity contribution in [1.82, 2.24) is 4.98 Å². The fourth-order valence-electron chi connectivity index (χ4n) is 6.07. The molecule has 0 bridgehead atoms. The molecule has 6 rings (SSSR count). The molecule has 1 N–H and O–H groups in total. The average molecular weight is 870 g/mol. The first kappa shape index (κ1) is 38.6. The number of aromatic nitrogens is 1. The summed E-state index contributed by atoms with van der Waals surface area (Å²) in [5.41, 5.74) is 11.0. The van der Waals surface area contributed by atoms with Gasteiger partial charge in [0.25, 0.3) is 0 Å². The number of halogens is 5. The van der Waals surface area contributed by atoms with Gasteiger partial charge in [0.05, 0.1) is 4.47 Å². The van der Waals surface area contributed by atoms with E-state index in [0.29, 0.717) is 5.75 Å². The molecular weight excluding hydrogens is 825 g/mol. The minimum Gasteiger partial charge on any atom is -0.665 e. The van der Waals surface area contributed by atoms with Crippen LogP contribution in [0.15, 0.2) is 61.0 Å². The van der Waals surface area contributed by atoms with Crippen LogP contribution >= 0.6 is 31.9 Å². The van der Waals surface area contributed by atoms with E-state index in [1.165, 1.54) is 75.7 Å². The van der Waals surface area contributed by atoms with Crippen LogP contribution in [0.4, 0.5) is 18.9 Å². The molecular formula is C39H44Br2F3MoN2O-. The maximum atomic E-state index is 12.7. The van der Waals surface area contributed by atoms with E-state index in [1.807, 2.05) is 51.2 Å². The minimum absolute atomic E-state index is 0.0128. The molecule has 0 amide bonds. The van der Waals surface area contributed by atoms with E-state index in [4.69, 9.17) is 0 Å². The van der Waals surface area contributed by atoms with Crippen molar-refractivity contribution in [2.24, 2.45) is 8.91 Å². The molecule has 0 atom stereocenters. The monoisotopic (exact) mass is 869 g/mol. The van der Waals surface area contributed by atoms with Crippen LogP contribution in [-0.2, 0) is 49.8 Å². The van der Waals surface area contributed by atoms with Gasteiger partial charge in [0.2, 0.25) is 0 Å². The predicted molar refractivity (Wildman–Crippen MR) is 195 cm³/mol. The number of rotatable bonds is 2. The second-order valence-electron chi connectivity index (χ2n) is 13.6. The van der Waals surface area contributed by atoms with Gasteiger partial charge in [0.1, 0.15) is 5.75 Å². The molecule has 9 heteroatoms. The summed E-state index contributed by atoms with van der Waals surface area (Å²) in [4.78, 5) is 4.11. The second-order valence-corrected chi connectivity index (χ2v) is 16.8. The molecule has 2 aliphatic carbocycles. The average Bonchev–Trinajstić information content (AvgIpc) is 3.41. The van der Waals surface area contributed by atoms with Crippen LogP contribution in [0.25, 0.3) is 11.1 Å². The van der Waals surface area contributed by atoms with Crippen molar-refractivity contribution < 1.29 is 36.2 Å². The standard InChI is InChI=1S/C21H22Br2O.C7H4F3N.C6H8N.C5H10.Mo/c1-12-17(22)10-13-6-2-4-8-15(13)19(12)20-16-9-5-3-7-14(16)11-18(23)21(20)24;8-7(9,10)5-3-1-2-4-6(5)11;1-5-3-4-6(2)7-5;1-5(2,3)4;/h10-11,24H,2-9H2,1H3;1-4H;3-4H,1-2H3;1H,2-4H3;/q;;-1;;. The molecule has 48 heavy (non-hydrogen) atoms. The first-order valence-corrected chi connectivity index (χ1v) is 20.0. The molecule has 258 valence electrons. The second kappa shape index (κ2) is 16.7. The third-order valence-electron chi connectivity index (χ3n) is 8.36. The Balaban J connectivity index is 0.000000188. The normalized spacial score (nSPS) is 14.0. The number of hydrogen-bond donors (Lipinski definition) is 1. The zero-order valence-corrected chi connectivity index (χ0v) is 33.7. The van der Waals surface area contributed by atoms with Crippen molar-refractivity contribution in [2.45, 2.75) is 99.1 Å². The summed E-state index contributed by atoms with van der Waals surface area (Å²) in [6, 6.07) is 13.9. The Morgan fingerprint density at radius 1 is 0.771 bits per heavy atom. The molecule has 3 aromatic carbocycles. The SMILES string of the molecule is CC(C)(C)[CH]=[Mo]=[N]c1ccccc1C(F)(F)F.Cc1c(Br)cc2c(c1-c1c(O)c(Br)cc3c1CCCC3)CCCC2.Cc1ccc(C)[n-]1. The summed E-state index contributed by atoms with van der Waals surface area (Å²) in [5, 5.41) is 11.0. The van der Waals surface area contributed by atoms with Gasteiger partial charge < -0.3 is 10.1 Å². The fourth-order valence-corrected chi connectivity index (χ4v) is 8.60. The minimum atomic E-state index is -4.32. The first-order valence-electron chi connectivity index (χ1n) is 16.4. The zero-order valence-electron chi connectivity index (χ0n) is 28.5. The molecule has 0 radical (unpaired) electrons. The quantitative estimate of drug-likeness (QED) is 0.204. The Labute approximate surface area is 308 Å². The van der Waals surface area contributed by atoms with Crippen LogP contribution in [-0.4, -0.2) is 9.51 Å². The molecule has 2 aliphatic rings. The van der Waals surface area contributed by atoms with E-state index < -0.39 is 29.7 Å². The maximum Gasteiger partial charge on any atom is 0.137 e. The Kier molecular flexibility index (Phi) is 13.4. The number of alkyl halides is 3. The topological polar surface area (TPSA) is 46.7 Å². The summed E-state index contributed by atoms with van der Waals surface area (Å²) < 4.78 is 46.1. The first-order chi connectivity index (χ1) is 22.6. The van der Waals surface area contributed by atoms with Crippen LogP contribution < -0.4 is 4.98 Å². The van der Waals surface area contributed by atoms with Crippen LogP contribution in [0.1, 0.15) is 91.2 Å². The van der Waals surface area contributed by atoms with Crippen molar-refractivity contribution in [3.8, 4) is 16.9 Å². The van der Waals surface area contributed by atoms with E-state index in [-0.39, 0.29) is 11.1 Å². The van der Waals surface area contributed by atoms with Gasteiger partial charge in [0, 0.05) is 10.0 Å².